The van der Waals surface area contributed by atoms with Crippen LogP contribution in [0, 0.1) is 6.92 Å². The second-order valence-corrected chi connectivity index (χ2v) is 7.34. The van der Waals surface area contributed by atoms with Gasteiger partial charge >= 0.3 is 0 Å². The number of carbonyl (C=O) groups excluding carboxylic acids is 1. The lowest BCUT2D eigenvalue weighted by molar-refractivity contribution is -0.135. The monoisotopic (exact) mass is 395 g/mol. The third-order valence-electron chi connectivity index (χ3n) is 4.58. The van der Waals surface area contributed by atoms with Gasteiger partial charge in [0.25, 0.3) is 5.91 Å². The highest BCUT2D eigenvalue weighted by Crippen LogP contribution is 2.37. The number of rotatable bonds is 5. The van der Waals surface area contributed by atoms with Crippen LogP contribution >= 0.6 is 23.2 Å². The summed E-state index contributed by atoms with van der Waals surface area (Å²) in [6, 6.07) is 5.40. The number of hydrogen-bond donors (Lipinski definition) is 0. The SMILES string of the molecule is CCCN1CCN(C(=O)COc2c(Cl)cc(Cl)c3ccc(C)nc23)CC1. The van der Waals surface area contributed by atoms with Crippen molar-refractivity contribution < 1.29 is 9.53 Å². The number of fused-ring (bicyclic) bond motifs is 1. The molecule has 2 aromatic rings. The summed E-state index contributed by atoms with van der Waals surface area (Å²) in [6.45, 7) is 8.36. The number of piperazine rings is 1. The van der Waals surface area contributed by atoms with Gasteiger partial charge in [0, 0.05) is 37.3 Å². The fourth-order valence-corrected chi connectivity index (χ4v) is 3.76. The van der Waals surface area contributed by atoms with E-state index in [0.29, 0.717) is 21.3 Å². The van der Waals surface area contributed by atoms with Crippen molar-refractivity contribution in [1.29, 1.82) is 0 Å². The summed E-state index contributed by atoms with van der Waals surface area (Å²) in [7, 11) is 0. The molecule has 1 aromatic heterocycles. The zero-order valence-electron chi connectivity index (χ0n) is 15.1. The molecule has 1 aromatic carbocycles. The first kappa shape index (κ1) is 19.2. The van der Waals surface area contributed by atoms with Crippen LogP contribution in [0.4, 0.5) is 0 Å². The minimum absolute atomic E-state index is 0.0343. The molecule has 1 aliphatic rings. The Hall–Kier alpha value is -1.56. The minimum Gasteiger partial charge on any atom is -0.480 e. The molecule has 0 spiro atoms. The van der Waals surface area contributed by atoms with E-state index >= 15 is 0 Å². The van der Waals surface area contributed by atoms with E-state index in [0.717, 1.165) is 50.2 Å². The normalized spacial score (nSPS) is 15.5. The van der Waals surface area contributed by atoms with E-state index in [9.17, 15) is 4.79 Å². The highest BCUT2D eigenvalue weighted by Gasteiger charge is 2.22. The summed E-state index contributed by atoms with van der Waals surface area (Å²) in [4.78, 5) is 21.2. The summed E-state index contributed by atoms with van der Waals surface area (Å²) in [5.74, 6) is 0.376. The largest absolute Gasteiger partial charge is 0.480 e. The second-order valence-electron chi connectivity index (χ2n) is 6.53. The molecule has 0 saturated carbocycles. The van der Waals surface area contributed by atoms with Crippen LogP contribution in [-0.2, 0) is 4.79 Å². The van der Waals surface area contributed by atoms with Crippen LogP contribution in [0.2, 0.25) is 10.0 Å². The lowest BCUT2D eigenvalue weighted by Crippen LogP contribution is -2.50. The quantitative estimate of drug-likeness (QED) is 0.772. The molecule has 1 amide bonds. The summed E-state index contributed by atoms with van der Waals surface area (Å²) >= 11 is 12.6. The fourth-order valence-electron chi connectivity index (χ4n) is 3.19. The van der Waals surface area contributed by atoms with E-state index in [1.807, 2.05) is 24.0 Å². The zero-order chi connectivity index (χ0) is 18.7. The molecule has 1 fully saturated rings. The van der Waals surface area contributed by atoms with Gasteiger partial charge < -0.3 is 9.64 Å². The first-order valence-corrected chi connectivity index (χ1v) is 9.63. The highest BCUT2D eigenvalue weighted by molar-refractivity contribution is 6.39. The van der Waals surface area contributed by atoms with Crippen molar-refractivity contribution in [2.75, 3.05) is 39.3 Å². The smallest absolute Gasteiger partial charge is 0.260 e. The van der Waals surface area contributed by atoms with Crippen molar-refractivity contribution in [2.45, 2.75) is 20.3 Å². The maximum Gasteiger partial charge on any atom is 0.260 e. The average Bonchev–Trinajstić information content (AvgIpc) is 2.62. The molecule has 5 nitrogen and oxygen atoms in total. The molecule has 0 atom stereocenters. The second kappa shape index (κ2) is 8.42. The van der Waals surface area contributed by atoms with Gasteiger partial charge in [-0.1, -0.05) is 30.1 Å². The third kappa shape index (κ3) is 4.22. The first-order valence-electron chi connectivity index (χ1n) is 8.88. The highest BCUT2D eigenvalue weighted by atomic mass is 35.5. The maximum atomic E-state index is 12.5. The van der Waals surface area contributed by atoms with Crippen molar-refractivity contribution in [3.8, 4) is 5.75 Å². The maximum absolute atomic E-state index is 12.5. The Morgan fingerprint density at radius 2 is 1.92 bits per heavy atom. The van der Waals surface area contributed by atoms with Gasteiger partial charge in [-0.05, 0) is 38.1 Å². The molecule has 140 valence electrons. The number of carbonyl (C=O) groups is 1. The summed E-state index contributed by atoms with van der Waals surface area (Å²) in [6.07, 6.45) is 1.13. The van der Waals surface area contributed by atoms with E-state index in [2.05, 4.69) is 16.8 Å². The van der Waals surface area contributed by atoms with Crippen molar-refractivity contribution in [1.82, 2.24) is 14.8 Å². The molecule has 1 aliphatic heterocycles. The van der Waals surface area contributed by atoms with Crippen molar-refractivity contribution in [3.05, 3.63) is 33.9 Å². The van der Waals surface area contributed by atoms with Gasteiger partial charge in [-0.15, -0.1) is 0 Å². The Balaban J connectivity index is 1.70. The number of amides is 1. The summed E-state index contributed by atoms with van der Waals surface area (Å²) in [5.41, 5.74) is 1.42. The van der Waals surface area contributed by atoms with Gasteiger partial charge in [0.15, 0.2) is 12.4 Å². The number of hydrogen-bond acceptors (Lipinski definition) is 4. The predicted octanol–water partition coefficient (Wildman–Crippen LogP) is 3.78. The Morgan fingerprint density at radius 1 is 1.19 bits per heavy atom. The number of nitrogens with zero attached hydrogens (tertiary/aromatic N) is 3. The number of aryl methyl sites for hydroxylation is 1. The van der Waals surface area contributed by atoms with Crippen LogP contribution < -0.4 is 4.74 Å². The molecule has 2 heterocycles. The van der Waals surface area contributed by atoms with Gasteiger partial charge in [-0.2, -0.15) is 0 Å². The van der Waals surface area contributed by atoms with Crippen LogP contribution in [0.1, 0.15) is 19.0 Å². The molecule has 26 heavy (non-hydrogen) atoms. The van der Waals surface area contributed by atoms with Crippen LogP contribution in [0.3, 0.4) is 0 Å². The summed E-state index contributed by atoms with van der Waals surface area (Å²) in [5, 5.41) is 1.64. The van der Waals surface area contributed by atoms with E-state index in [1.54, 1.807) is 6.07 Å². The van der Waals surface area contributed by atoms with E-state index in [4.69, 9.17) is 27.9 Å². The number of aromatic nitrogens is 1. The fraction of sp³-hybridized carbons (Fsp3) is 0.474. The molecule has 0 radical (unpaired) electrons. The van der Waals surface area contributed by atoms with Crippen LogP contribution in [0.5, 0.6) is 5.75 Å². The molecule has 0 unspecified atom stereocenters. The van der Waals surface area contributed by atoms with Gasteiger partial charge in [-0.25, -0.2) is 4.98 Å². The van der Waals surface area contributed by atoms with Gasteiger partial charge in [0.2, 0.25) is 0 Å². The Labute approximate surface area is 163 Å². The Kier molecular flexibility index (Phi) is 6.22. The number of ether oxygens (including phenoxy) is 1. The predicted molar refractivity (Wildman–Crippen MR) is 105 cm³/mol. The lowest BCUT2D eigenvalue weighted by Gasteiger charge is -2.34. The van der Waals surface area contributed by atoms with Crippen molar-refractivity contribution >= 4 is 40.0 Å². The van der Waals surface area contributed by atoms with E-state index in [-0.39, 0.29) is 12.5 Å². The third-order valence-corrected chi connectivity index (χ3v) is 5.18. The number of pyridine rings is 1. The van der Waals surface area contributed by atoms with Crippen LogP contribution in [0.15, 0.2) is 18.2 Å². The zero-order valence-corrected chi connectivity index (χ0v) is 16.6. The van der Waals surface area contributed by atoms with E-state index < -0.39 is 0 Å². The molecular weight excluding hydrogens is 373 g/mol. The van der Waals surface area contributed by atoms with Crippen molar-refractivity contribution in [2.24, 2.45) is 0 Å². The molecule has 0 bridgehead atoms. The number of halogens is 2. The first-order chi connectivity index (χ1) is 12.5. The lowest BCUT2D eigenvalue weighted by atomic mass is 10.2. The minimum atomic E-state index is -0.0557. The molecule has 1 saturated heterocycles. The number of benzene rings is 1. The average molecular weight is 396 g/mol. The topological polar surface area (TPSA) is 45.7 Å². The van der Waals surface area contributed by atoms with Gasteiger partial charge in [-0.3, -0.25) is 9.69 Å². The Morgan fingerprint density at radius 3 is 2.62 bits per heavy atom. The summed E-state index contributed by atoms with van der Waals surface area (Å²) < 4.78 is 5.79. The molecule has 0 aliphatic carbocycles. The van der Waals surface area contributed by atoms with Gasteiger partial charge in [0.1, 0.15) is 5.52 Å². The standard InChI is InChI=1S/C19H23Cl2N3O2/c1-3-6-23-7-9-24(10-8-23)17(25)12-26-19-16(21)11-15(20)14-5-4-13(2)22-18(14)19/h4-5,11H,3,6-10,12H2,1-2H3. The molecule has 7 heteroatoms. The van der Waals surface area contributed by atoms with Crippen molar-refractivity contribution in [3.63, 3.8) is 0 Å². The molecular formula is C19H23Cl2N3O2. The van der Waals surface area contributed by atoms with E-state index in [1.165, 1.54) is 0 Å². The van der Waals surface area contributed by atoms with Crippen LogP contribution in [0.25, 0.3) is 10.9 Å². The molecule has 3 rings (SSSR count). The van der Waals surface area contributed by atoms with Crippen LogP contribution in [-0.4, -0.2) is 60.0 Å². The molecule has 0 N–H and O–H groups in total. The van der Waals surface area contributed by atoms with Gasteiger partial charge in [0.05, 0.1) is 10.0 Å². The Bertz CT molecular complexity index is 805.